The number of anilines is 1. The summed E-state index contributed by atoms with van der Waals surface area (Å²) in [5.74, 6) is -2.65. The highest BCUT2D eigenvalue weighted by atomic mass is 32.1. The van der Waals surface area contributed by atoms with E-state index in [1.807, 2.05) is 0 Å². The third kappa shape index (κ3) is 5.42. The number of benzene rings is 1. The Kier molecular flexibility index (Phi) is 6.18. The molecule has 0 spiro atoms. The Labute approximate surface area is 144 Å². The largest absolute Gasteiger partial charge is 0.416 e. The Morgan fingerprint density at radius 1 is 1.08 bits per heavy atom. The van der Waals surface area contributed by atoms with Gasteiger partial charge in [0.25, 0.3) is 0 Å². The lowest BCUT2D eigenvalue weighted by Crippen LogP contribution is -2.30. The lowest BCUT2D eigenvalue weighted by molar-refractivity contribution is -0.143. The summed E-state index contributed by atoms with van der Waals surface area (Å²) >= 11 is 4.81. The lowest BCUT2D eigenvalue weighted by Gasteiger charge is -2.17. The zero-order valence-corrected chi connectivity index (χ0v) is 13.7. The zero-order chi connectivity index (χ0) is 19.6. The summed E-state index contributed by atoms with van der Waals surface area (Å²) in [5.41, 5.74) is -3.67. The van der Waals surface area contributed by atoms with Crippen molar-refractivity contribution in [2.75, 3.05) is 5.32 Å². The van der Waals surface area contributed by atoms with Crippen LogP contribution in [-0.2, 0) is 17.1 Å². The van der Waals surface area contributed by atoms with E-state index in [0.29, 0.717) is 12.1 Å². The summed E-state index contributed by atoms with van der Waals surface area (Å²) in [7, 11) is 0. The van der Waals surface area contributed by atoms with Gasteiger partial charge in [-0.25, -0.2) is 0 Å². The van der Waals surface area contributed by atoms with Crippen molar-refractivity contribution in [3.8, 4) is 6.07 Å². The monoisotopic (exact) mass is 382 g/mol. The average molecular weight is 382 g/mol. The summed E-state index contributed by atoms with van der Waals surface area (Å²) in [5, 5.41) is 11.1. The number of carbonyl (C=O) groups is 1. The van der Waals surface area contributed by atoms with E-state index in [-0.39, 0.29) is 6.07 Å². The zero-order valence-electron chi connectivity index (χ0n) is 12.9. The molecule has 1 N–H and O–H groups in total. The minimum absolute atomic E-state index is 0.0325. The topological polar surface area (TPSA) is 52.9 Å². The van der Waals surface area contributed by atoms with Crippen molar-refractivity contribution in [2.45, 2.75) is 26.2 Å². The van der Waals surface area contributed by atoms with Crippen LogP contribution in [0.3, 0.4) is 0 Å². The fraction of sp³-hybridized carbons (Fsp3) is 0.400. The van der Waals surface area contributed by atoms with E-state index in [4.69, 9.17) is 17.5 Å². The molecule has 0 radical (unpaired) electrons. The number of alkyl halides is 6. The molecular weight excluding hydrogens is 370 g/mol. The molecule has 0 saturated carbocycles. The molecule has 0 aromatic heterocycles. The van der Waals surface area contributed by atoms with Crippen LogP contribution in [0.4, 0.5) is 32.0 Å². The van der Waals surface area contributed by atoms with E-state index in [1.54, 1.807) is 6.07 Å². The van der Waals surface area contributed by atoms with Gasteiger partial charge >= 0.3 is 12.4 Å². The molecule has 1 atom stereocenters. The molecule has 0 aliphatic rings. The highest BCUT2D eigenvalue weighted by Crippen LogP contribution is 2.37. The second-order valence-electron chi connectivity index (χ2n) is 5.40. The van der Waals surface area contributed by atoms with Crippen molar-refractivity contribution in [3.63, 3.8) is 0 Å². The van der Waals surface area contributed by atoms with Gasteiger partial charge in [-0.2, -0.15) is 31.6 Å². The molecule has 25 heavy (non-hydrogen) atoms. The number of ketones is 1. The van der Waals surface area contributed by atoms with Crippen LogP contribution in [0.5, 0.6) is 0 Å². The average Bonchev–Trinajstić information content (AvgIpc) is 2.45. The molecule has 0 fully saturated rings. The van der Waals surface area contributed by atoms with Gasteiger partial charge in [0.2, 0.25) is 0 Å². The van der Waals surface area contributed by atoms with Crippen molar-refractivity contribution >= 4 is 28.7 Å². The predicted octanol–water partition coefficient (Wildman–Crippen LogP) is 4.83. The minimum Gasteiger partial charge on any atom is -0.349 e. The van der Waals surface area contributed by atoms with Gasteiger partial charge in [0.05, 0.1) is 17.2 Å². The van der Waals surface area contributed by atoms with Crippen LogP contribution in [-0.4, -0.2) is 10.8 Å². The van der Waals surface area contributed by atoms with Crippen LogP contribution in [0.25, 0.3) is 0 Å². The maximum absolute atomic E-state index is 12.8. The SMILES string of the molecule is CC(C)C(=O)C(C#N)C(=S)Nc1cc(C(F)(F)F)cc(C(F)(F)F)c1. The Morgan fingerprint density at radius 3 is 1.84 bits per heavy atom. The van der Waals surface area contributed by atoms with Crippen LogP contribution in [0.15, 0.2) is 18.2 Å². The summed E-state index contributed by atoms with van der Waals surface area (Å²) < 4.78 is 76.8. The molecule has 1 aromatic rings. The fourth-order valence-corrected chi connectivity index (χ4v) is 2.11. The molecule has 0 bridgehead atoms. The number of nitrogens with one attached hydrogen (secondary N) is 1. The van der Waals surface area contributed by atoms with Crippen molar-refractivity contribution in [1.82, 2.24) is 0 Å². The van der Waals surface area contributed by atoms with Crippen LogP contribution >= 0.6 is 12.2 Å². The van der Waals surface area contributed by atoms with E-state index in [9.17, 15) is 31.1 Å². The number of Topliss-reactive ketones (excluding diaryl/α,β-unsaturated/α-hetero) is 1. The van der Waals surface area contributed by atoms with Gasteiger partial charge < -0.3 is 5.32 Å². The van der Waals surface area contributed by atoms with Gasteiger partial charge in [0.15, 0.2) is 11.7 Å². The number of hydrogen-bond donors (Lipinski definition) is 1. The van der Waals surface area contributed by atoms with Crippen molar-refractivity contribution < 1.29 is 31.1 Å². The molecular formula is C15H12F6N2OS. The minimum atomic E-state index is -5.01. The second kappa shape index (κ2) is 7.39. The number of halogens is 6. The summed E-state index contributed by atoms with van der Waals surface area (Å²) in [6.45, 7) is 2.97. The molecule has 1 aromatic carbocycles. The van der Waals surface area contributed by atoms with E-state index >= 15 is 0 Å². The van der Waals surface area contributed by atoms with Gasteiger partial charge in [-0.05, 0) is 18.2 Å². The molecule has 1 unspecified atom stereocenters. The fourth-order valence-electron chi connectivity index (χ4n) is 1.83. The molecule has 10 heteroatoms. The molecule has 0 aliphatic carbocycles. The molecule has 0 aliphatic heterocycles. The van der Waals surface area contributed by atoms with Gasteiger partial charge in [-0.3, -0.25) is 4.79 Å². The lowest BCUT2D eigenvalue weighted by atomic mass is 9.96. The number of hydrogen-bond acceptors (Lipinski definition) is 3. The molecule has 1 rings (SSSR count). The molecule has 136 valence electrons. The summed E-state index contributed by atoms with van der Waals surface area (Å²) in [6.07, 6.45) is -10.0. The highest BCUT2D eigenvalue weighted by molar-refractivity contribution is 7.80. The second-order valence-corrected chi connectivity index (χ2v) is 5.84. The third-order valence-corrected chi connectivity index (χ3v) is 3.44. The van der Waals surface area contributed by atoms with Gasteiger partial charge in [-0.15, -0.1) is 0 Å². The van der Waals surface area contributed by atoms with E-state index in [1.165, 1.54) is 13.8 Å². The van der Waals surface area contributed by atoms with Crippen LogP contribution < -0.4 is 5.32 Å². The number of carbonyl (C=O) groups excluding carboxylic acids is 1. The first-order valence-electron chi connectivity index (χ1n) is 6.81. The smallest absolute Gasteiger partial charge is 0.349 e. The van der Waals surface area contributed by atoms with Crippen molar-refractivity contribution in [1.29, 1.82) is 5.26 Å². The molecule has 0 heterocycles. The maximum atomic E-state index is 12.8. The highest BCUT2D eigenvalue weighted by Gasteiger charge is 2.37. The van der Waals surface area contributed by atoms with E-state index in [2.05, 4.69) is 5.32 Å². The van der Waals surface area contributed by atoms with Crippen LogP contribution in [0.1, 0.15) is 25.0 Å². The molecule has 0 amide bonds. The van der Waals surface area contributed by atoms with Gasteiger partial charge in [0, 0.05) is 11.6 Å². The van der Waals surface area contributed by atoms with Gasteiger partial charge in [-0.1, -0.05) is 26.1 Å². The first-order chi connectivity index (χ1) is 11.3. The summed E-state index contributed by atoms with van der Waals surface area (Å²) in [6, 6.07) is 2.42. The Bertz CT molecular complexity index is 686. The molecule has 3 nitrogen and oxygen atoms in total. The number of nitrogens with zero attached hydrogens (tertiary/aromatic N) is 1. The van der Waals surface area contributed by atoms with E-state index < -0.39 is 51.8 Å². The van der Waals surface area contributed by atoms with Crippen LogP contribution in [0, 0.1) is 23.2 Å². The third-order valence-electron chi connectivity index (χ3n) is 3.10. The molecule has 0 saturated heterocycles. The van der Waals surface area contributed by atoms with E-state index in [0.717, 1.165) is 0 Å². The van der Waals surface area contributed by atoms with Crippen molar-refractivity contribution in [3.05, 3.63) is 29.3 Å². The first kappa shape index (κ1) is 20.9. The first-order valence-corrected chi connectivity index (χ1v) is 7.22. The summed E-state index contributed by atoms with van der Waals surface area (Å²) in [4.78, 5) is 11.4. The Balaban J connectivity index is 3.27. The quantitative estimate of drug-likeness (QED) is 0.599. The number of rotatable bonds is 4. The predicted molar refractivity (Wildman–Crippen MR) is 81.6 cm³/mol. The van der Waals surface area contributed by atoms with Crippen molar-refractivity contribution in [2.24, 2.45) is 11.8 Å². The number of thiocarbonyl (C=S) groups is 1. The Morgan fingerprint density at radius 2 is 1.52 bits per heavy atom. The van der Waals surface area contributed by atoms with Gasteiger partial charge in [0.1, 0.15) is 4.99 Å². The normalized spacial score (nSPS) is 13.3. The standard InChI is InChI=1S/C15H12F6N2OS/c1-7(2)12(24)11(6-22)13(25)23-10-4-8(14(16,17)18)3-9(5-10)15(19,20)21/h3-5,7,11H,1-2H3,(H,23,25). The Hall–Kier alpha value is -2.15. The van der Waals surface area contributed by atoms with Crippen LogP contribution in [0.2, 0.25) is 0 Å². The number of nitriles is 1. The maximum Gasteiger partial charge on any atom is 0.416 e.